The number of aromatic nitrogens is 4. The number of piperazine rings is 1. The number of nitrogens with one attached hydrogen (secondary N) is 2. The topological polar surface area (TPSA) is 53.8 Å². The molecule has 2 aliphatic rings. The van der Waals surface area contributed by atoms with Crippen LogP contribution in [0.1, 0.15) is 11.1 Å². The summed E-state index contributed by atoms with van der Waals surface area (Å²) in [5.74, 6) is 1.07. The molecule has 3 aromatic rings. The molecule has 0 aliphatic carbocycles. The molecule has 0 bridgehead atoms. The summed E-state index contributed by atoms with van der Waals surface area (Å²) in [6.07, 6.45) is 1.04. The van der Waals surface area contributed by atoms with Crippen LogP contribution in [0.4, 0.5) is 0 Å². The van der Waals surface area contributed by atoms with E-state index in [1.165, 1.54) is 16.0 Å². The Morgan fingerprint density at radius 1 is 0.966 bits per heavy atom. The average molecular weight is 411 g/mol. The Labute approximate surface area is 175 Å². The number of hydrogen-bond acceptors (Lipinski definition) is 4. The molecule has 1 fully saturated rings. The maximum atomic E-state index is 5.62. The summed E-state index contributed by atoms with van der Waals surface area (Å²) in [5, 5.41) is 8.54. The summed E-state index contributed by atoms with van der Waals surface area (Å²) >= 11 is 5.60. The molecule has 3 heterocycles. The van der Waals surface area contributed by atoms with E-state index in [4.69, 9.17) is 17.0 Å². The molecule has 150 valence electrons. The zero-order valence-corrected chi connectivity index (χ0v) is 17.2. The number of quaternary nitrogens is 2. The van der Waals surface area contributed by atoms with Gasteiger partial charge in [-0.2, -0.15) is 9.36 Å². The highest BCUT2D eigenvalue weighted by Crippen LogP contribution is 2.25. The maximum absolute atomic E-state index is 5.62. The molecule has 7 nitrogen and oxygen atoms in total. The van der Waals surface area contributed by atoms with Crippen LogP contribution in [0.5, 0.6) is 5.75 Å². The lowest BCUT2D eigenvalue weighted by Crippen LogP contribution is -3.27. The van der Waals surface area contributed by atoms with E-state index in [9.17, 15) is 0 Å². The lowest BCUT2D eigenvalue weighted by molar-refractivity contribution is -1.03. The van der Waals surface area contributed by atoms with Gasteiger partial charge in [-0.1, -0.05) is 18.2 Å². The van der Waals surface area contributed by atoms with Crippen molar-refractivity contribution in [2.75, 3.05) is 32.8 Å². The molecule has 8 heteroatoms. The first kappa shape index (κ1) is 18.5. The van der Waals surface area contributed by atoms with Crippen molar-refractivity contribution in [3.05, 3.63) is 64.4 Å². The van der Waals surface area contributed by atoms with Crippen molar-refractivity contribution in [1.29, 1.82) is 0 Å². The average Bonchev–Trinajstić information content (AvgIpc) is 3.37. The monoisotopic (exact) mass is 410 g/mol. The van der Waals surface area contributed by atoms with Gasteiger partial charge < -0.3 is 14.5 Å². The Morgan fingerprint density at radius 3 is 2.59 bits per heavy atom. The fourth-order valence-corrected chi connectivity index (χ4v) is 4.49. The Morgan fingerprint density at radius 2 is 1.76 bits per heavy atom. The second kappa shape index (κ2) is 8.06. The van der Waals surface area contributed by atoms with Crippen molar-refractivity contribution in [3.8, 4) is 11.4 Å². The normalized spacial score (nSPS) is 21.0. The van der Waals surface area contributed by atoms with Crippen molar-refractivity contribution >= 4 is 12.2 Å². The van der Waals surface area contributed by atoms with Crippen molar-refractivity contribution < 1.29 is 14.5 Å². The third-order valence-corrected chi connectivity index (χ3v) is 6.27. The van der Waals surface area contributed by atoms with Gasteiger partial charge in [-0.25, -0.2) is 0 Å². The number of nitrogens with zero attached hydrogens (tertiary/aromatic N) is 4. The van der Waals surface area contributed by atoms with Crippen molar-refractivity contribution in [2.45, 2.75) is 19.6 Å². The van der Waals surface area contributed by atoms with E-state index < -0.39 is 0 Å². The number of rotatable bonds is 5. The van der Waals surface area contributed by atoms with Gasteiger partial charge in [0.1, 0.15) is 38.5 Å². The summed E-state index contributed by atoms with van der Waals surface area (Å²) in [5.41, 5.74) is 3.73. The van der Waals surface area contributed by atoms with E-state index in [0.29, 0.717) is 4.77 Å². The highest BCUT2D eigenvalue weighted by atomic mass is 32.1. The van der Waals surface area contributed by atoms with Crippen molar-refractivity contribution in [3.63, 3.8) is 0 Å². The molecule has 2 aromatic carbocycles. The van der Waals surface area contributed by atoms with Gasteiger partial charge in [-0.05, 0) is 58.5 Å². The second-order valence-corrected chi connectivity index (χ2v) is 8.25. The van der Waals surface area contributed by atoms with Gasteiger partial charge in [-0.3, -0.25) is 0 Å². The summed E-state index contributed by atoms with van der Waals surface area (Å²) in [4.78, 5) is 3.15. The van der Waals surface area contributed by atoms with Gasteiger partial charge in [0.25, 0.3) is 0 Å². The number of hydrogen-bond donors (Lipinski definition) is 2. The molecule has 0 atom stereocenters. The van der Waals surface area contributed by atoms with Crippen LogP contribution in [0.15, 0.2) is 48.5 Å². The molecule has 2 N–H and O–H groups in total. The van der Waals surface area contributed by atoms with Gasteiger partial charge >= 0.3 is 0 Å². The minimum Gasteiger partial charge on any atom is -0.493 e. The predicted octanol–water partition coefficient (Wildman–Crippen LogP) is -0.326. The van der Waals surface area contributed by atoms with E-state index in [1.807, 2.05) is 35.0 Å². The van der Waals surface area contributed by atoms with Gasteiger partial charge in [0.15, 0.2) is 6.67 Å². The first-order chi connectivity index (χ1) is 14.3. The SMILES string of the molecule is S=c1n(C[NH+]2CC[NH+](Cc3ccc4c(c3)CCO4)CC2)nnn1-c1ccccc1. The molecular formula is C21H26N6OS+2. The van der Waals surface area contributed by atoms with E-state index in [-0.39, 0.29) is 0 Å². The van der Waals surface area contributed by atoms with Crippen LogP contribution >= 0.6 is 12.2 Å². The van der Waals surface area contributed by atoms with Crippen LogP contribution in [0.3, 0.4) is 0 Å². The molecule has 2 aliphatic heterocycles. The van der Waals surface area contributed by atoms with Crippen LogP contribution < -0.4 is 14.5 Å². The Balaban J connectivity index is 1.18. The fraction of sp³-hybridized carbons (Fsp3) is 0.381. The third kappa shape index (κ3) is 3.96. The van der Waals surface area contributed by atoms with Crippen LogP contribution in [0, 0.1) is 4.77 Å². The number of para-hydroxylation sites is 1. The Hall–Kier alpha value is -2.55. The minimum atomic E-state index is 0.652. The van der Waals surface area contributed by atoms with Gasteiger partial charge in [0.2, 0.25) is 4.77 Å². The van der Waals surface area contributed by atoms with E-state index in [2.05, 4.69) is 28.6 Å². The van der Waals surface area contributed by atoms with E-state index in [0.717, 1.165) is 63.9 Å². The van der Waals surface area contributed by atoms with Crippen molar-refractivity contribution in [2.24, 2.45) is 0 Å². The van der Waals surface area contributed by atoms with Gasteiger partial charge in [0.05, 0.1) is 12.3 Å². The highest BCUT2D eigenvalue weighted by molar-refractivity contribution is 7.71. The summed E-state index contributed by atoms with van der Waals surface area (Å²) in [6, 6.07) is 16.6. The number of benzene rings is 2. The third-order valence-electron chi connectivity index (χ3n) is 5.89. The summed E-state index contributed by atoms with van der Waals surface area (Å²) in [6.45, 7) is 7.23. The first-order valence-corrected chi connectivity index (χ1v) is 10.7. The quantitative estimate of drug-likeness (QED) is 0.566. The van der Waals surface area contributed by atoms with E-state index in [1.54, 1.807) is 9.58 Å². The first-order valence-electron chi connectivity index (χ1n) is 10.3. The molecular weight excluding hydrogens is 384 g/mol. The zero-order valence-electron chi connectivity index (χ0n) is 16.4. The predicted molar refractivity (Wildman–Crippen MR) is 111 cm³/mol. The van der Waals surface area contributed by atoms with Crippen LogP contribution in [-0.2, 0) is 19.6 Å². The highest BCUT2D eigenvalue weighted by Gasteiger charge is 2.24. The van der Waals surface area contributed by atoms with Gasteiger partial charge in [0, 0.05) is 12.0 Å². The molecule has 1 aromatic heterocycles. The molecule has 0 spiro atoms. The largest absolute Gasteiger partial charge is 0.493 e. The zero-order chi connectivity index (χ0) is 19.6. The smallest absolute Gasteiger partial charge is 0.225 e. The van der Waals surface area contributed by atoms with Crippen LogP contribution in [-0.4, -0.2) is 52.6 Å². The van der Waals surface area contributed by atoms with Crippen LogP contribution in [0.25, 0.3) is 5.69 Å². The standard InChI is InChI=1S/C21H24N6OS/c29-21-26(22-23-27(21)19-4-2-1-3-5-19)16-25-11-9-24(10-12-25)15-17-6-7-20-18(14-17)8-13-28-20/h1-7,14H,8-13,15-16H2/p+2. The van der Waals surface area contributed by atoms with Crippen molar-refractivity contribution in [1.82, 2.24) is 19.8 Å². The second-order valence-electron chi connectivity index (χ2n) is 7.88. The summed E-state index contributed by atoms with van der Waals surface area (Å²) in [7, 11) is 0. The number of tetrazole rings is 1. The molecule has 0 radical (unpaired) electrons. The molecule has 29 heavy (non-hydrogen) atoms. The summed E-state index contributed by atoms with van der Waals surface area (Å²) < 4.78 is 9.85. The lowest BCUT2D eigenvalue weighted by Gasteiger charge is -2.29. The molecule has 0 amide bonds. The molecule has 0 unspecified atom stereocenters. The fourth-order valence-electron chi connectivity index (χ4n) is 4.25. The van der Waals surface area contributed by atoms with Gasteiger partial charge in [-0.15, -0.1) is 0 Å². The molecule has 1 saturated heterocycles. The Bertz CT molecular complexity index is 1040. The molecule has 5 rings (SSSR count). The van der Waals surface area contributed by atoms with Crippen LogP contribution in [0.2, 0.25) is 0 Å². The molecule has 0 saturated carbocycles. The lowest BCUT2D eigenvalue weighted by atomic mass is 10.1. The Kier molecular flexibility index (Phi) is 5.13. The number of fused-ring (bicyclic) bond motifs is 1. The minimum absolute atomic E-state index is 0.652. The van der Waals surface area contributed by atoms with E-state index >= 15 is 0 Å². The number of ether oxygens (including phenoxy) is 1. The maximum Gasteiger partial charge on any atom is 0.225 e.